The Kier molecular flexibility index (Phi) is 3.69. The van der Waals surface area contributed by atoms with Crippen molar-refractivity contribution in [1.29, 1.82) is 0 Å². The number of nitrogens with zero attached hydrogens (tertiary/aromatic N) is 3. The van der Waals surface area contributed by atoms with Crippen LogP contribution in [-0.2, 0) is 0 Å². The maximum atomic E-state index is 13.9. The molecular formula is C16H15F4N5O. The van der Waals surface area contributed by atoms with Crippen molar-refractivity contribution < 1.29 is 22.7 Å². The Labute approximate surface area is 145 Å². The highest BCUT2D eigenvalue weighted by atomic mass is 19.4. The summed E-state index contributed by atoms with van der Waals surface area (Å²) in [4.78, 5) is 1.27. The Balaban J connectivity index is 1.84. The minimum absolute atomic E-state index is 0.0682. The first kappa shape index (κ1) is 16.8. The van der Waals surface area contributed by atoms with Crippen LogP contribution in [0.15, 0.2) is 24.3 Å². The zero-order chi connectivity index (χ0) is 18.5. The Morgan fingerprint density at radius 2 is 2.00 bits per heavy atom. The van der Waals surface area contributed by atoms with Gasteiger partial charge in [0.05, 0.1) is 11.4 Å². The summed E-state index contributed by atoms with van der Waals surface area (Å²) in [7, 11) is 0. The quantitative estimate of drug-likeness (QED) is 0.669. The molecule has 2 aliphatic heterocycles. The minimum atomic E-state index is -4.48. The van der Waals surface area contributed by atoms with Gasteiger partial charge in [0.15, 0.2) is 22.9 Å². The lowest BCUT2D eigenvalue weighted by Crippen LogP contribution is -2.73. The van der Waals surface area contributed by atoms with Gasteiger partial charge in [-0.1, -0.05) is 6.07 Å². The van der Waals surface area contributed by atoms with Crippen molar-refractivity contribution in [2.24, 2.45) is 0 Å². The molecule has 1 saturated heterocycles. The number of nitrogens with one attached hydrogen (secondary N) is 2. The fourth-order valence-electron chi connectivity index (χ4n) is 3.45. The van der Waals surface area contributed by atoms with Gasteiger partial charge in [-0.3, -0.25) is 0 Å². The molecule has 0 bridgehead atoms. The predicted molar refractivity (Wildman–Crippen MR) is 86.6 cm³/mol. The van der Waals surface area contributed by atoms with E-state index in [0.717, 1.165) is 6.07 Å². The summed E-state index contributed by atoms with van der Waals surface area (Å²) < 4.78 is 55.2. The molecule has 0 spiro atoms. The lowest BCUT2D eigenvalue weighted by Gasteiger charge is -2.52. The summed E-state index contributed by atoms with van der Waals surface area (Å²) in [6.45, 7) is -0.0872. The van der Waals surface area contributed by atoms with Gasteiger partial charge in [0.1, 0.15) is 0 Å². The van der Waals surface area contributed by atoms with Crippen LogP contribution in [0.2, 0.25) is 0 Å². The Bertz CT molecular complexity index is 859. The number of hydrogen-bond donors (Lipinski definition) is 3. The zero-order valence-electron chi connectivity index (χ0n) is 13.4. The molecule has 1 aromatic heterocycles. The number of benzene rings is 1. The van der Waals surface area contributed by atoms with Gasteiger partial charge in [0, 0.05) is 31.7 Å². The fraction of sp³-hybridized carbons (Fsp3) is 0.375. The average Bonchev–Trinajstić information content (AvgIpc) is 2.62. The van der Waals surface area contributed by atoms with Gasteiger partial charge in [0.2, 0.25) is 0 Å². The number of para-hydroxylation sites is 1. The molecule has 10 heteroatoms. The lowest BCUT2D eigenvalue weighted by atomic mass is 9.90. The van der Waals surface area contributed by atoms with Gasteiger partial charge in [-0.25, -0.2) is 4.39 Å². The van der Waals surface area contributed by atoms with E-state index in [4.69, 9.17) is 0 Å². The molecule has 0 radical (unpaired) electrons. The van der Waals surface area contributed by atoms with E-state index in [2.05, 4.69) is 20.8 Å². The second-order valence-corrected chi connectivity index (χ2v) is 6.31. The summed E-state index contributed by atoms with van der Waals surface area (Å²) in [5.41, 5.74) is -1.72. The predicted octanol–water partition coefficient (Wildman–Crippen LogP) is 2.12. The Morgan fingerprint density at radius 1 is 1.19 bits per heavy atom. The molecule has 6 nitrogen and oxygen atoms in total. The van der Waals surface area contributed by atoms with Crippen molar-refractivity contribution in [3.63, 3.8) is 0 Å². The molecule has 0 saturated carbocycles. The third-order valence-corrected chi connectivity index (χ3v) is 4.85. The highest BCUT2D eigenvalue weighted by Crippen LogP contribution is 2.45. The molecule has 0 amide bonds. The molecule has 0 aliphatic carbocycles. The molecule has 1 fully saturated rings. The van der Waals surface area contributed by atoms with Crippen LogP contribution in [0.3, 0.4) is 0 Å². The standard InChI is InChI=1S/C16H15F4N5O/c17-10-3-1-2-9(13(10)26)11-6-12-14(24-23-11)22-8-15(16(18,19)20)7-21-4-5-25(12)15/h1-3,6,21,26H,4-5,7-8H2,(H,22,24). The molecule has 4 rings (SSSR count). The van der Waals surface area contributed by atoms with Crippen molar-refractivity contribution in [2.45, 2.75) is 11.7 Å². The van der Waals surface area contributed by atoms with Crippen LogP contribution in [0.1, 0.15) is 0 Å². The summed E-state index contributed by atoms with van der Waals surface area (Å²) >= 11 is 0. The summed E-state index contributed by atoms with van der Waals surface area (Å²) in [5, 5.41) is 23.3. The topological polar surface area (TPSA) is 73.3 Å². The van der Waals surface area contributed by atoms with Crippen LogP contribution >= 0.6 is 0 Å². The molecule has 3 heterocycles. The van der Waals surface area contributed by atoms with Crippen LogP contribution in [0.5, 0.6) is 5.75 Å². The molecule has 2 aliphatic rings. The van der Waals surface area contributed by atoms with Crippen LogP contribution in [0, 0.1) is 5.82 Å². The maximum Gasteiger partial charge on any atom is 0.414 e. The van der Waals surface area contributed by atoms with E-state index < -0.39 is 23.3 Å². The molecule has 26 heavy (non-hydrogen) atoms. The van der Waals surface area contributed by atoms with Crippen molar-refractivity contribution in [3.8, 4) is 17.0 Å². The number of halogens is 4. The van der Waals surface area contributed by atoms with Gasteiger partial charge in [-0.05, 0) is 18.2 Å². The Hall–Kier alpha value is -2.62. The SMILES string of the molecule is Oc1c(F)cccc1-c1cc2c(nn1)NCC1(C(F)(F)F)CNCCN21. The highest BCUT2D eigenvalue weighted by Gasteiger charge is 2.61. The summed E-state index contributed by atoms with van der Waals surface area (Å²) in [6, 6.07) is 5.29. The molecular weight excluding hydrogens is 354 g/mol. The van der Waals surface area contributed by atoms with Crippen molar-refractivity contribution >= 4 is 11.5 Å². The number of piperazine rings is 1. The van der Waals surface area contributed by atoms with E-state index in [-0.39, 0.29) is 42.4 Å². The van der Waals surface area contributed by atoms with Crippen LogP contribution in [-0.4, -0.2) is 53.2 Å². The van der Waals surface area contributed by atoms with Crippen LogP contribution in [0.25, 0.3) is 11.3 Å². The molecule has 1 atom stereocenters. The number of hydrogen-bond acceptors (Lipinski definition) is 6. The zero-order valence-corrected chi connectivity index (χ0v) is 13.4. The Morgan fingerprint density at radius 3 is 2.77 bits per heavy atom. The largest absolute Gasteiger partial charge is 0.504 e. The number of fused-ring (bicyclic) bond motifs is 3. The van der Waals surface area contributed by atoms with E-state index >= 15 is 0 Å². The molecule has 1 aromatic carbocycles. The second-order valence-electron chi connectivity index (χ2n) is 6.31. The monoisotopic (exact) mass is 369 g/mol. The fourth-order valence-corrected chi connectivity index (χ4v) is 3.45. The van der Waals surface area contributed by atoms with Gasteiger partial charge >= 0.3 is 6.18 Å². The first-order chi connectivity index (χ1) is 12.3. The lowest BCUT2D eigenvalue weighted by molar-refractivity contribution is -0.185. The highest BCUT2D eigenvalue weighted by molar-refractivity contribution is 5.77. The number of aromatic nitrogens is 2. The van der Waals surface area contributed by atoms with Gasteiger partial charge in [-0.15, -0.1) is 10.2 Å². The first-order valence-electron chi connectivity index (χ1n) is 7.98. The normalized spacial score (nSPS) is 22.4. The van der Waals surface area contributed by atoms with E-state index in [9.17, 15) is 22.7 Å². The van der Waals surface area contributed by atoms with Crippen LogP contribution < -0.4 is 15.5 Å². The van der Waals surface area contributed by atoms with Gasteiger partial charge < -0.3 is 20.6 Å². The number of anilines is 2. The summed E-state index contributed by atoms with van der Waals surface area (Å²) in [6.07, 6.45) is -4.48. The number of phenols is 1. The third kappa shape index (κ3) is 2.36. The van der Waals surface area contributed by atoms with E-state index in [0.29, 0.717) is 6.54 Å². The number of alkyl halides is 3. The van der Waals surface area contributed by atoms with E-state index in [1.807, 2.05) is 0 Å². The average molecular weight is 369 g/mol. The maximum absolute atomic E-state index is 13.9. The van der Waals surface area contributed by atoms with Crippen molar-refractivity contribution in [1.82, 2.24) is 15.5 Å². The minimum Gasteiger partial charge on any atom is -0.504 e. The summed E-state index contributed by atoms with van der Waals surface area (Å²) in [5.74, 6) is -1.23. The smallest absolute Gasteiger partial charge is 0.414 e. The van der Waals surface area contributed by atoms with E-state index in [1.54, 1.807) is 0 Å². The number of rotatable bonds is 1. The van der Waals surface area contributed by atoms with Gasteiger partial charge in [-0.2, -0.15) is 13.2 Å². The van der Waals surface area contributed by atoms with Crippen molar-refractivity contribution in [2.75, 3.05) is 36.4 Å². The van der Waals surface area contributed by atoms with E-state index in [1.165, 1.54) is 23.1 Å². The molecule has 1 unspecified atom stereocenters. The first-order valence-corrected chi connectivity index (χ1v) is 7.98. The van der Waals surface area contributed by atoms with Gasteiger partial charge in [0.25, 0.3) is 0 Å². The van der Waals surface area contributed by atoms with Crippen LogP contribution in [0.4, 0.5) is 29.1 Å². The number of aromatic hydroxyl groups is 1. The number of phenolic OH excluding ortho intramolecular Hbond substituents is 1. The molecule has 2 aromatic rings. The third-order valence-electron chi connectivity index (χ3n) is 4.85. The molecule has 3 N–H and O–H groups in total. The molecule has 138 valence electrons. The van der Waals surface area contributed by atoms with Crippen molar-refractivity contribution in [3.05, 3.63) is 30.1 Å². The second kappa shape index (κ2) is 5.70.